The number of rotatable bonds is 0. The highest BCUT2D eigenvalue weighted by molar-refractivity contribution is 5.48. The van der Waals surface area contributed by atoms with Crippen molar-refractivity contribution in [2.45, 2.75) is 19.8 Å². The van der Waals surface area contributed by atoms with Crippen molar-refractivity contribution in [2.75, 3.05) is 0 Å². The van der Waals surface area contributed by atoms with Gasteiger partial charge in [0, 0.05) is 12.4 Å². The SMILES string of the molecule is CC1=c2ccncc2=CCC1. The van der Waals surface area contributed by atoms with Crippen LogP contribution in [-0.4, -0.2) is 4.98 Å². The van der Waals surface area contributed by atoms with Crippen LogP contribution in [0, 0.1) is 0 Å². The smallest absolute Gasteiger partial charge is 0.0343 e. The number of fused-ring (bicyclic) bond motifs is 1. The van der Waals surface area contributed by atoms with E-state index in [0.29, 0.717) is 0 Å². The molecular formula is C10H11N. The molecule has 0 saturated heterocycles. The van der Waals surface area contributed by atoms with Crippen molar-refractivity contribution in [3.63, 3.8) is 0 Å². The molecule has 1 aromatic heterocycles. The first-order valence-electron chi connectivity index (χ1n) is 3.98. The molecule has 0 spiro atoms. The van der Waals surface area contributed by atoms with Gasteiger partial charge in [-0.2, -0.15) is 0 Å². The lowest BCUT2D eigenvalue weighted by atomic mass is 10.0. The molecule has 1 heteroatoms. The Morgan fingerprint density at radius 3 is 3.18 bits per heavy atom. The molecular weight excluding hydrogens is 134 g/mol. The molecule has 1 nitrogen and oxygen atoms in total. The molecule has 56 valence electrons. The minimum absolute atomic E-state index is 1.17. The van der Waals surface area contributed by atoms with Gasteiger partial charge >= 0.3 is 0 Å². The fourth-order valence-electron chi connectivity index (χ4n) is 1.54. The Hall–Kier alpha value is -1.11. The molecule has 0 amide bonds. The first-order chi connectivity index (χ1) is 5.38. The summed E-state index contributed by atoms with van der Waals surface area (Å²) < 4.78 is 0. The Kier molecular flexibility index (Phi) is 1.50. The molecule has 1 aliphatic carbocycles. The van der Waals surface area contributed by atoms with Crippen LogP contribution in [-0.2, 0) is 0 Å². The van der Waals surface area contributed by atoms with Crippen molar-refractivity contribution in [3.05, 3.63) is 28.9 Å². The quantitative estimate of drug-likeness (QED) is 0.527. The van der Waals surface area contributed by atoms with Crippen molar-refractivity contribution in [3.8, 4) is 0 Å². The van der Waals surface area contributed by atoms with Crippen LogP contribution in [0.3, 0.4) is 0 Å². The highest BCUT2D eigenvalue weighted by atomic mass is 14.6. The summed E-state index contributed by atoms with van der Waals surface area (Å²) in [7, 11) is 0. The van der Waals surface area contributed by atoms with E-state index in [1.165, 1.54) is 28.9 Å². The van der Waals surface area contributed by atoms with Gasteiger partial charge in [0.25, 0.3) is 0 Å². The molecule has 1 aromatic rings. The van der Waals surface area contributed by atoms with Crippen molar-refractivity contribution in [1.29, 1.82) is 0 Å². The maximum atomic E-state index is 4.09. The standard InChI is InChI=1S/C10H11N/c1-8-3-2-4-9-7-11-6-5-10(8)9/h4-7H,2-3H2,1H3. The number of pyridine rings is 1. The first kappa shape index (κ1) is 6.59. The molecule has 11 heavy (non-hydrogen) atoms. The summed E-state index contributed by atoms with van der Waals surface area (Å²) in [6.07, 6.45) is 8.44. The lowest BCUT2D eigenvalue weighted by molar-refractivity contribution is 1.05. The van der Waals surface area contributed by atoms with Crippen LogP contribution in [0.2, 0.25) is 0 Å². The van der Waals surface area contributed by atoms with E-state index in [-0.39, 0.29) is 0 Å². The number of nitrogens with zero attached hydrogens (tertiary/aromatic N) is 1. The van der Waals surface area contributed by atoms with Crippen LogP contribution in [0.15, 0.2) is 18.5 Å². The zero-order valence-corrected chi connectivity index (χ0v) is 6.67. The minimum atomic E-state index is 1.17. The van der Waals surface area contributed by atoms with Gasteiger partial charge in [0.2, 0.25) is 0 Å². The van der Waals surface area contributed by atoms with Crippen molar-refractivity contribution in [1.82, 2.24) is 4.98 Å². The van der Waals surface area contributed by atoms with Crippen molar-refractivity contribution >= 4 is 11.6 Å². The summed E-state index contributed by atoms with van der Waals surface area (Å²) in [5.41, 5.74) is 1.49. The lowest BCUT2D eigenvalue weighted by Gasteiger charge is -2.04. The van der Waals surface area contributed by atoms with E-state index >= 15 is 0 Å². The van der Waals surface area contributed by atoms with E-state index < -0.39 is 0 Å². The van der Waals surface area contributed by atoms with Gasteiger partial charge in [-0.3, -0.25) is 4.98 Å². The topological polar surface area (TPSA) is 12.9 Å². The van der Waals surface area contributed by atoms with Crippen LogP contribution in [0.25, 0.3) is 11.6 Å². The second-order valence-corrected chi connectivity index (χ2v) is 2.99. The Bertz CT molecular complexity index is 376. The normalized spacial score (nSPS) is 15.5. The maximum absolute atomic E-state index is 4.09. The molecule has 0 radical (unpaired) electrons. The third-order valence-corrected chi connectivity index (χ3v) is 2.20. The second-order valence-electron chi connectivity index (χ2n) is 2.99. The number of hydrogen-bond acceptors (Lipinski definition) is 1. The highest BCUT2D eigenvalue weighted by Crippen LogP contribution is 2.04. The van der Waals surface area contributed by atoms with Gasteiger partial charge < -0.3 is 0 Å². The van der Waals surface area contributed by atoms with Crippen molar-refractivity contribution < 1.29 is 0 Å². The Labute approximate surface area is 66.1 Å². The van der Waals surface area contributed by atoms with Crippen LogP contribution in [0.1, 0.15) is 19.8 Å². The molecule has 1 aliphatic rings. The third kappa shape index (κ3) is 1.07. The van der Waals surface area contributed by atoms with E-state index in [1.807, 2.05) is 12.4 Å². The molecule has 1 heterocycles. The third-order valence-electron chi connectivity index (χ3n) is 2.20. The average Bonchev–Trinajstić information content (AvgIpc) is 2.06. The van der Waals surface area contributed by atoms with E-state index in [1.54, 1.807) is 0 Å². The van der Waals surface area contributed by atoms with E-state index in [4.69, 9.17) is 0 Å². The molecule has 0 aromatic carbocycles. The van der Waals surface area contributed by atoms with Gasteiger partial charge in [-0.25, -0.2) is 0 Å². The number of aromatic nitrogens is 1. The van der Waals surface area contributed by atoms with Gasteiger partial charge in [0.15, 0.2) is 0 Å². The summed E-state index contributed by atoms with van der Waals surface area (Å²) in [6, 6.07) is 2.10. The molecule has 0 N–H and O–H groups in total. The van der Waals surface area contributed by atoms with E-state index in [0.717, 1.165) is 0 Å². The molecule has 0 atom stereocenters. The Balaban J connectivity index is 2.89. The summed E-state index contributed by atoms with van der Waals surface area (Å²) >= 11 is 0. The monoisotopic (exact) mass is 145 g/mol. The van der Waals surface area contributed by atoms with E-state index in [9.17, 15) is 0 Å². The second kappa shape index (κ2) is 2.50. The minimum Gasteiger partial charge on any atom is -0.264 e. The van der Waals surface area contributed by atoms with Crippen molar-refractivity contribution in [2.24, 2.45) is 0 Å². The summed E-state index contributed by atoms with van der Waals surface area (Å²) in [5, 5.41) is 2.68. The Morgan fingerprint density at radius 2 is 2.36 bits per heavy atom. The molecule has 2 rings (SSSR count). The fourth-order valence-corrected chi connectivity index (χ4v) is 1.54. The Morgan fingerprint density at radius 1 is 1.45 bits per heavy atom. The zero-order valence-electron chi connectivity index (χ0n) is 6.67. The van der Waals surface area contributed by atoms with Gasteiger partial charge in [-0.15, -0.1) is 0 Å². The average molecular weight is 145 g/mol. The zero-order chi connectivity index (χ0) is 7.68. The number of hydrogen-bond donors (Lipinski definition) is 0. The predicted molar refractivity (Wildman–Crippen MR) is 46.3 cm³/mol. The maximum Gasteiger partial charge on any atom is 0.0343 e. The summed E-state index contributed by atoms with van der Waals surface area (Å²) in [6.45, 7) is 2.20. The van der Waals surface area contributed by atoms with Crippen LogP contribution >= 0.6 is 0 Å². The first-order valence-corrected chi connectivity index (χ1v) is 3.98. The fraction of sp³-hybridized carbons (Fsp3) is 0.300. The molecule has 0 fully saturated rings. The van der Waals surface area contributed by atoms with E-state index in [2.05, 4.69) is 24.1 Å². The summed E-state index contributed by atoms with van der Waals surface area (Å²) in [4.78, 5) is 4.09. The van der Waals surface area contributed by atoms with Gasteiger partial charge in [-0.1, -0.05) is 11.6 Å². The molecule has 0 unspecified atom stereocenters. The van der Waals surface area contributed by atoms with Crippen LogP contribution in [0.4, 0.5) is 0 Å². The van der Waals surface area contributed by atoms with Crippen LogP contribution in [0.5, 0.6) is 0 Å². The lowest BCUT2D eigenvalue weighted by Crippen LogP contribution is -2.28. The molecule has 0 saturated carbocycles. The van der Waals surface area contributed by atoms with Gasteiger partial charge in [0.05, 0.1) is 0 Å². The predicted octanol–water partition coefficient (Wildman–Crippen LogP) is 0.827. The van der Waals surface area contributed by atoms with Gasteiger partial charge in [0.1, 0.15) is 0 Å². The molecule has 0 bridgehead atoms. The van der Waals surface area contributed by atoms with Gasteiger partial charge in [-0.05, 0) is 36.3 Å². The largest absolute Gasteiger partial charge is 0.264 e. The molecule has 0 aliphatic heterocycles. The summed E-state index contributed by atoms with van der Waals surface area (Å²) in [5.74, 6) is 0. The highest BCUT2D eigenvalue weighted by Gasteiger charge is 1.97. The van der Waals surface area contributed by atoms with Crippen LogP contribution < -0.4 is 10.4 Å².